The van der Waals surface area contributed by atoms with Crippen molar-refractivity contribution in [1.29, 1.82) is 0 Å². The third kappa shape index (κ3) is 7.58. The lowest BCUT2D eigenvalue weighted by Crippen LogP contribution is -2.43. The molecule has 0 saturated carbocycles. The summed E-state index contributed by atoms with van der Waals surface area (Å²) in [5.41, 5.74) is 5.32. The molecule has 8 nitrogen and oxygen atoms in total. The number of rotatable bonds is 7. The Bertz CT molecular complexity index is 840. The summed E-state index contributed by atoms with van der Waals surface area (Å²) in [4.78, 5) is 46.8. The van der Waals surface area contributed by atoms with Gasteiger partial charge in [-0.05, 0) is 36.4 Å². The Hall–Kier alpha value is -3.20. The number of benzene rings is 2. The van der Waals surface area contributed by atoms with Gasteiger partial charge in [0.25, 0.3) is 11.8 Å². The molecule has 2 aromatic rings. The third-order valence-electron chi connectivity index (χ3n) is 3.40. The first kappa shape index (κ1) is 21.1. The molecular weight excluding hydrogens is 430 g/mol. The summed E-state index contributed by atoms with van der Waals surface area (Å²) in [6.45, 7) is -0.567. The number of anilines is 1. The summed E-state index contributed by atoms with van der Waals surface area (Å²) < 4.78 is 5.65. The smallest absolute Gasteiger partial charge is 0.306 e. The molecule has 0 aromatic heterocycles. The van der Waals surface area contributed by atoms with Gasteiger partial charge in [0.1, 0.15) is 0 Å². The minimum atomic E-state index is -0.699. The van der Waals surface area contributed by atoms with E-state index in [2.05, 4.69) is 32.1 Å². The Morgan fingerprint density at radius 1 is 0.821 bits per heavy atom. The van der Waals surface area contributed by atoms with E-state index >= 15 is 0 Å². The second-order valence-electron chi connectivity index (χ2n) is 5.58. The largest absolute Gasteiger partial charge is 0.455 e. The van der Waals surface area contributed by atoms with Crippen LogP contribution < -0.4 is 16.2 Å². The SMILES string of the molecule is O=C(COC(=O)CCC(=O)Nc1ccc(Br)cc1)NNC(=O)c1ccccc1. The highest BCUT2D eigenvalue weighted by atomic mass is 79.9. The van der Waals surface area contributed by atoms with Crippen LogP contribution in [0.2, 0.25) is 0 Å². The Labute approximate surface area is 169 Å². The molecule has 0 saturated heterocycles. The van der Waals surface area contributed by atoms with Gasteiger partial charge in [0.2, 0.25) is 5.91 Å². The highest BCUT2D eigenvalue weighted by Gasteiger charge is 2.12. The van der Waals surface area contributed by atoms with Crippen LogP contribution >= 0.6 is 15.9 Å². The fourth-order valence-corrected chi connectivity index (χ4v) is 2.28. The van der Waals surface area contributed by atoms with Crippen molar-refractivity contribution in [3.05, 3.63) is 64.6 Å². The first-order valence-electron chi connectivity index (χ1n) is 8.29. The van der Waals surface area contributed by atoms with Crippen LogP contribution in [0.3, 0.4) is 0 Å². The standard InChI is InChI=1S/C19H18BrN3O5/c20-14-6-8-15(9-7-14)21-16(24)10-11-18(26)28-12-17(25)22-23-19(27)13-4-2-1-3-5-13/h1-9H,10-12H2,(H,21,24)(H,22,25)(H,23,27). The average molecular weight is 448 g/mol. The quantitative estimate of drug-likeness (QED) is 0.444. The molecular formula is C19H18BrN3O5. The molecule has 9 heteroatoms. The number of hydrazine groups is 1. The maximum absolute atomic E-state index is 11.8. The van der Waals surface area contributed by atoms with Gasteiger partial charge in [0.05, 0.1) is 6.42 Å². The third-order valence-corrected chi connectivity index (χ3v) is 3.93. The molecule has 0 fully saturated rings. The summed E-state index contributed by atoms with van der Waals surface area (Å²) in [5.74, 6) is -2.24. The number of halogens is 1. The summed E-state index contributed by atoms with van der Waals surface area (Å²) >= 11 is 3.29. The molecule has 3 N–H and O–H groups in total. The topological polar surface area (TPSA) is 114 Å². The van der Waals surface area contributed by atoms with Crippen molar-refractivity contribution in [3.63, 3.8) is 0 Å². The highest BCUT2D eigenvalue weighted by molar-refractivity contribution is 9.10. The monoisotopic (exact) mass is 447 g/mol. The van der Waals surface area contributed by atoms with Gasteiger partial charge >= 0.3 is 5.97 Å². The van der Waals surface area contributed by atoms with Crippen LogP contribution in [0.5, 0.6) is 0 Å². The Balaban J connectivity index is 1.62. The van der Waals surface area contributed by atoms with Crippen LogP contribution in [-0.2, 0) is 19.1 Å². The van der Waals surface area contributed by atoms with E-state index in [0.717, 1.165) is 4.47 Å². The molecule has 2 rings (SSSR count). The maximum atomic E-state index is 11.8. The minimum absolute atomic E-state index is 0.0821. The molecule has 0 aliphatic carbocycles. The minimum Gasteiger partial charge on any atom is -0.455 e. The van der Waals surface area contributed by atoms with E-state index in [1.54, 1.807) is 54.6 Å². The van der Waals surface area contributed by atoms with E-state index in [0.29, 0.717) is 11.3 Å². The van der Waals surface area contributed by atoms with Crippen molar-refractivity contribution in [2.75, 3.05) is 11.9 Å². The van der Waals surface area contributed by atoms with Crippen LogP contribution in [0.15, 0.2) is 59.1 Å². The summed E-state index contributed by atoms with van der Waals surface area (Å²) in [6, 6.07) is 15.3. The van der Waals surface area contributed by atoms with Gasteiger partial charge in [0, 0.05) is 22.1 Å². The number of carbonyl (C=O) groups excluding carboxylic acids is 4. The number of hydrogen-bond acceptors (Lipinski definition) is 5. The van der Waals surface area contributed by atoms with Gasteiger partial charge in [-0.3, -0.25) is 30.0 Å². The van der Waals surface area contributed by atoms with E-state index in [1.807, 2.05) is 0 Å². The molecule has 2 aromatic carbocycles. The van der Waals surface area contributed by atoms with E-state index in [9.17, 15) is 19.2 Å². The van der Waals surface area contributed by atoms with Crippen molar-refractivity contribution in [2.45, 2.75) is 12.8 Å². The normalized spacial score (nSPS) is 9.89. The Morgan fingerprint density at radius 3 is 2.18 bits per heavy atom. The lowest BCUT2D eigenvalue weighted by atomic mass is 10.2. The molecule has 0 bridgehead atoms. The zero-order valence-corrected chi connectivity index (χ0v) is 16.3. The fourth-order valence-electron chi connectivity index (χ4n) is 2.01. The van der Waals surface area contributed by atoms with Gasteiger partial charge in [0.15, 0.2) is 6.61 Å². The molecule has 0 aliphatic heterocycles. The average Bonchev–Trinajstić information content (AvgIpc) is 2.71. The lowest BCUT2D eigenvalue weighted by Gasteiger charge is -2.08. The van der Waals surface area contributed by atoms with E-state index < -0.39 is 24.4 Å². The molecule has 0 spiro atoms. The van der Waals surface area contributed by atoms with Crippen LogP contribution in [0, 0.1) is 0 Å². The molecule has 0 atom stereocenters. The number of esters is 1. The van der Waals surface area contributed by atoms with Gasteiger partial charge in [-0.25, -0.2) is 0 Å². The van der Waals surface area contributed by atoms with Crippen molar-refractivity contribution in [2.24, 2.45) is 0 Å². The Kier molecular flexibility index (Phi) is 8.16. The van der Waals surface area contributed by atoms with Gasteiger partial charge in [-0.15, -0.1) is 0 Å². The number of nitrogens with one attached hydrogen (secondary N) is 3. The predicted octanol–water partition coefficient (Wildman–Crippen LogP) is 2.17. The number of hydrogen-bond donors (Lipinski definition) is 3. The van der Waals surface area contributed by atoms with Crippen LogP contribution in [0.25, 0.3) is 0 Å². The highest BCUT2D eigenvalue weighted by Crippen LogP contribution is 2.14. The molecule has 0 radical (unpaired) electrons. The summed E-state index contributed by atoms with van der Waals surface area (Å²) in [5, 5.41) is 2.64. The second-order valence-corrected chi connectivity index (χ2v) is 6.50. The first-order valence-corrected chi connectivity index (χ1v) is 9.08. The van der Waals surface area contributed by atoms with Gasteiger partial charge < -0.3 is 10.1 Å². The van der Waals surface area contributed by atoms with E-state index in [4.69, 9.17) is 4.74 Å². The predicted molar refractivity (Wildman–Crippen MR) is 105 cm³/mol. The summed E-state index contributed by atoms with van der Waals surface area (Å²) in [6.07, 6.45) is -0.257. The zero-order valence-electron chi connectivity index (χ0n) is 14.7. The van der Waals surface area contributed by atoms with E-state index in [1.165, 1.54) is 0 Å². The summed E-state index contributed by atoms with van der Waals surface area (Å²) in [7, 11) is 0. The number of ether oxygens (including phenoxy) is 1. The number of carbonyl (C=O) groups is 4. The van der Waals surface area contributed by atoms with Crippen molar-refractivity contribution >= 4 is 45.3 Å². The van der Waals surface area contributed by atoms with Crippen molar-refractivity contribution < 1.29 is 23.9 Å². The Morgan fingerprint density at radius 2 is 1.50 bits per heavy atom. The van der Waals surface area contributed by atoms with Crippen molar-refractivity contribution in [1.82, 2.24) is 10.9 Å². The zero-order chi connectivity index (χ0) is 20.4. The first-order chi connectivity index (χ1) is 13.4. The molecule has 0 unspecified atom stereocenters. The molecule has 0 aliphatic rings. The molecule has 146 valence electrons. The van der Waals surface area contributed by atoms with E-state index in [-0.39, 0.29) is 18.7 Å². The van der Waals surface area contributed by atoms with Crippen LogP contribution in [0.4, 0.5) is 5.69 Å². The number of amides is 3. The molecule has 0 heterocycles. The van der Waals surface area contributed by atoms with Gasteiger partial charge in [-0.1, -0.05) is 34.1 Å². The fraction of sp³-hybridized carbons (Fsp3) is 0.158. The van der Waals surface area contributed by atoms with Gasteiger partial charge in [-0.2, -0.15) is 0 Å². The second kappa shape index (κ2) is 10.8. The molecule has 3 amide bonds. The van der Waals surface area contributed by atoms with Crippen LogP contribution in [0.1, 0.15) is 23.2 Å². The van der Waals surface area contributed by atoms with Crippen LogP contribution in [-0.4, -0.2) is 30.3 Å². The lowest BCUT2D eigenvalue weighted by molar-refractivity contribution is -0.149. The molecule has 28 heavy (non-hydrogen) atoms. The van der Waals surface area contributed by atoms with Crippen molar-refractivity contribution in [3.8, 4) is 0 Å². The maximum Gasteiger partial charge on any atom is 0.306 e.